The van der Waals surface area contributed by atoms with E-state index in [0.29, 0.717) is 34.6 Å². The van der Waals surface area contributed by atoms with Gasteiger partial charge in [0, 0.05) is 25.3 Å². The van der Waals surface area contributed by atoms with Gasteiger partial charge in [-0.25, -0.2) is 9.97 Å². The number of halogens is 1. The summed E-state index contributed by atoms with van der Waals surface area (Å²) in [6.07, 6.45) is 4.95. The average Bonchev–Trinajstić information content (AvgIpc) is 3.21. The van der Waals surface area contributed by atoms with E-state index in [1.807, 2.05) is 0 Å². The molecule has 0 spiro atoms. The molecule has 1 aromatic heterocycles. The van der Waals surface area contributed by atoms with Crippen LogP contribution < -0.4 is 20.1 Å². The first-order valence-corrected chi connectivity index (χ1v) is 8.89. The SMILES string of the molecule is COc1cc(Nc2cnc(C(=O)NCC3CCCO3)cn2)c(OC)cc1Cl. The number of nitrogens with one attached hydrogen (secondary N) is 2. The molecule has 1 fully saturated rings. The minimum atomic E-state index is -0.282. The summed E-state index contributed by atoms with van der Waals surface area (Å²) in [5.41, 5.74) is 0.850. The second kappa shape index (κ2) is 8.88. The molecule has 1 aliphatic heterocycles. The van der Waals surface area contributed by atoms with Crippen LogP contribution in [0.4, 0.5) is 11.5 Å². The van der Waals surface area contributed by atoms with Crippen LogP contribution in [0.25, 0.3) is 0 Å². The highest BCUT2D eigenvalue weighted by atomic mass is 35.5. The van der Waals surface area contributed by atoms with E-state index in [2.05, 4.69) is 20.6 Å². The third-order valence-electron chi connectivity index (χ3n) is 4.14. The van der Waals surface area contributed by atoms with Crippen LogP contribution in [-0.4, -0.2) is 49.4 Å². The number of nitrogens with zero attached hydrogens (tertiary/aromatic N) is 2. The summed E-state index contributed by atoms with van der Waals surface area (Å²) in [7, 11) is 3.07. The van der Waals surface area contributed by atoms with Gasteiger partial charge in [-0.05, 0) is 12.8 Å². The van der Waals surface area contributed by atoms with Gasteiger partial charge >= 0.3 is 0 Å². The molecule has 0 bridgehead atoms. The maximum Gasteiger partial charge on any atom is 0.271 e. The predicted molar refractivity (Wildman–Crippen MR) is 101 cm³/mol. The van der Waals surface area contributed by atoms with Crippen molar-refractivity contribution in [2.75, 3.05) is 32.7 Å². The number of hydrogen-bond acceptors (Lipinski definition) is 7. The van der Waals surface area contributed by atoms with Gasteiger partial charge in [-0.15, -0.1) is 0 Å². The highest BCUT2D eigenvalue weighted by Gasteiger charge is 2.17. The minimum absolute atomic E-state index is 0.0789. The van der Waals surface area contributed by atoms with Gasteiger partial charge in [0.05, 0.1) is 43.4 Å². The molecule has 0 radical (unpaired) electrons. The molecule has 8 nitrogen and oxygen atoms in total. The largest absolute Gasteiger partial charge is 0.495 e. The van der Waals surface area contributed by atoms with Crippen molar-refractivity contribution in [3.05, 3.63) is 35.2 Å². The third-order valence-corrected chi connectivity index (χ3v) is 4.43. The molecular weight excluding hydrogens is 372 g/mol. The summed E-state index contributed by atoms with van der Waals surface area (Å²) < 4.78 is 16.0. The average molecular weight is 393 g/mol. The predicted octanol–water partition coefficient (Wildman–Crippen LogP) is 2.80. The fourth-order valence-electron chi connectivity index (χ4n) is 2.71. The molecule has 1 atom stereocenters. The van der Waals surface area contributed by atoms with E-state index in [4.69, 9.17) is 25.8 Å². The zero-order chi connectivity index (χ0) is 19.2. The normalized spacial score (nSPS) is 16.0. The quantitative estimate of drug-likeness (QED) is 0.748. The first-order chi connectivity index (χ1) is 13.1. The molecule has 0 saturated carbocycles. The number of ether oxygens (including phenoxy) is 3. The van der Waals surface area contributed by atoms with Gasteiger partial charge in [-0.3, -0.25) is 4.79 Å². The lowest BCUT2D eigenvalue weighted by Gasteiger charge is -2.13. The van der Waals surface area contributed by atoms with Crippen molar-refractivity contribution in [2.24, 2.45) is 0 Å². The van der Waals surface area contributed by atoms with Crippen LogP contribution >= 0.6 is 11.6 Å². The van der Waals surface area contributed by atoms with Gasteiger partial charge in [0.2, 0.25) is 0 Å². The molecule has 1 unspecified atom stereocenters. The van der Waals surface area contributed by atoms with Gasteiger partial charge in [0.1, 0.15) is 23.0 Å². The lowest BCUT2D eigenvalue weighted by Crippen LogP contribution is -2.32. The standard InChI is InChI=1S/C18H21ClN4O4/c1-25-15-7-13(16(26-2)6-12(15)19)23-17-10-20-14(9-21-17)18(24)22-8-11-4-3-5-27-11/h6-7,9-11H,3-5,8H2,1-2H3,(H,21,23)(H,22,24). The van der Waals surface area contributed by atoms with Crippen molar-refractivity contribution in [1.82, 2.24) is 15.3 Å². The summed E-state index contributed by atoms with van der Waals surface area (Å²) in [6.45, 7) is 1.22. The van der Waals surface area contributed by atoms with Crippen LogP contribution in [0.5, 0.6) is 11.5 Å². The molecular formula is C18H21ClN4O4. The van der Waals surface area contributed by atoms with Crippen molar-refractivity contribution in [3.8, 4) is 11.5 Å². The summed E-state index contributed by atoms with van der Waals surface area (Å²) in [5.74, 6) is 1.20. The maximum atomic E-state index is 12.2. The Balaban J connectivity index is 1.66. The maximum absolute atomic E-state index is 12.2. The van der Waals surface area contributed by atoms with Gasteiger partial charge < -0.3 is 24.8 Å². The molecule has 3 rings (SSSR count). The van der Waals surface area contributed by atoms with Gasteiger partial charge in [0.25, 0.3) is 5.91 Å². The van der Waals surface area contributed by atoms with E-state index in [0.717, 1.165) is 19.4 Å². The lowest BCUT2D eigenvalue weighted by molar-refractivity contribution is 0.0853. The Morgan fingerprint density at radius 3 is 2.70 bits per heavy atom. The zero-order valence-electron chi connectivity index (χ0n) is 15.1. The van der Waals surface area contributed by atoms with E-state index in [1.165, 1.54) is 26.6 Å². The number of aromatic nitrogens is 2. The van der Waals surface area contributed by atoms with E-state index in [9.17, 15) is 4.79 Å². The Labute approximate surface area is 162 Å². The van der Waals surface area contributed by atoms with E-state index < -0.39 is 0 Å². The molecule has 2 N–H and O–H groups in total. The second-order valence-corrected chi connectivity index (χ2v) is 6.35. The van der Waals surface area contributed by atoms with Crippen LogP contribution in [0, 0.1) is 0 Å². The first-order valence-electron chi connectivity index (χ1n) is 8.51. The monoisotopic (exact) mass is 392 g/mol. The van der Waals surface area contributed by atoms with Gasteiger partial charge in [-0.2, -0.15) is 0 Å². The Morgan fingerprint density at radius 2 is 2.07 bits per heavy atom. The van der Waals surface area contributed by atoms with Crippen molar-refractivity contribution in [3.63, 3.8) is 0 Å². The first kappa shape index (κ1) is 19.2. The van der Waals surface area contributed by atoms with Crippen LogP contribution in [-0.2, 0) is 4.74 Å². The Hall–Kier alpha value is -2.58. The van der Waals surface area contributed by atoms with Gasteiger partial charge in [0.15, 0.2) is 0 Å². The minimum Gasteiger partial charge on any atom is -0.495 e. The molecule has 144 valence electrons. The fraction of sp³-hybridized carbons (Fsp3) is 0.389. The number of carbonyl (C=O) groups excluding carboxylic acids is 1. The fourth-order valence-corrected chi connectivity index (χ4v) is 2.94. The van der Waals surface area contributed by atoms with Crippen LogP contribution in [0.15, 0.2) is 24.5 Å². The summed E-state index contributed by atoms with van der Waals surface area (Å²) >= 11 is 6.10. The third kappa shape index (κ3) is 4.78. The highest BCUT2D eigenvalue weighted by Crippen LogP contribution is 2.36. The number of carbonyl (C=O) groups is 1. The van der Waals surface area contributed by atoms with E-state index >= 15 is 0 Å². The molecule has 2 aromatic rings. The number of methoxy groups -OCH3 is 2. The molecule has 2 heterocycles. The lowest BCUT2D eigenvalue weighted by atomic mass is 10.2. The topological polar surface area (TPSA) is 94.6 Å². The second-order valence-electron chi connectivity index (χ2n) is 5.94. The Bertz CT molecular complexity index is 795. The van der Waals surface area contributed by atoms with Crippen LogP contribution in [0.1, 0.15) is 23.3 Å². The molecule has 27 heavy (non-hydrogen) atoms. The summed E-state index contributed by atoms with van der Waals surface area (Å²) in [5, 5.41) is 6.33. The highest BCUT2D eigenvalue weighted by molar-refractivity contribution is 6.32. The molecule has 1 amide bonds. The number of amides is 1. The Kier molecular flexibility index (Phi) is 6.31. The summed E-state index contributed by atoms with van der Waals surface area (Å²) in [4.78, 5) is 20.5. The molecule has 1 aromatic carbocycles. The zero-order valence-corrected chi connectivity index (χ0v) is 15.9. The number of anilines is 2. The van der Waals surface area contributed by atoms with Gasteiger partial charge in [-0.1, -0.05) is 11.6 Å². The number of rotatable bonds is 7. The van der Waals surface area contributed by atoms with Crippen LogP contribution in [0.2, 0.25) is 5.02 Å². The smallest absolute Gasteiger partial charge is 0.271 e. The van der Waals surface area contributed by atoms with Crippen molar-refractivity contribution in [2.45, 2.75) is 18.9 Å². The van der Waals surface area contributed by atoms with E-state index in [1.54, 1.807) is 12.1 Å². The summed E-state index contributed by atoms with van der Waals surface area (Å²) in [6, 6.07) is 3.34. The molecule has 0 aliphatic carbocycles. The number of hydrogen-bond donors (Lipinski definition) is 2. The molecule has 1 saturated heterocycles. The van der Waals surface area contributed by atoms with Crippen molar-refractivity contribution >= 4 is 29.0 Å². The molecule has 9 heteroatoms. The van der Waals surface area contributed by atoms with E-state index in [-0.39, 0.29) is 17.7 Å². The molecule has 1 aliphatic rings. The van der Waals surface area contributed by atoms with Crippen molar-refractivity contribution in [1.29, 1.82) is 0 Å². The number of benzene rings is 1. The Morgan fingerprint density at radius 1 is 1.26 bits per heavy atom. The van der Waals surface area contributed by atoms with Crippen molar-refractivity contribution < 1.29 is 19.0 Å². The van der Waals surface area contributed by atoms with Crippen LogP contribution in [0.3, 0.4) is 0 Å².